The highest BCUT2D eigenvalue weighted by atomic mass is 32.2. The number of benzene rings is 1. The van der Waals surface area contributed by atoms with E-state index in [1.165, 1.54) is 6.26 Å². The maximum absolute atomic E-state index is 12.2. The van der Waals surface area contributed by atoms with Crippen molar-refractivity contribution >= 4 is 15.7 Å². The first-order valence-electron chi connectivity index (χ1n) is 6.84. The van der Waals surface area contributed by atoms with Crippen LogP contribution in [-0.4, -0.2) is 43.8 Å². The summed E-state index contributed by atoms with van der Waals surface area (Å²) >= 11 is 0. The Bertz CT molecular complexity index is 525. The third kappa shape index (κ3) is 5.74. The molecule has 4 nitrogen and oxygen atoms in total. The second-order valence-corrected chi connectivity index (χ2v) is 7.29. The minimum Gasteiger partial charge on any atom is -0.339 e. The molecule has 0 fully saturated rings. The van der Waals surface area contributed by atoms with Crippen LogP contribution in [0.25, 0.3) is 0 Å². The van der Waals surface area contributed by atoms with Gasteiger partial charge in [-0.3, -0.25) is 4.79 Å². The van der Waals surface area contributed by atoms with Crippen LogP contribution in [0.1, 0.15) is 25.8 Å². The van der Waals surface area contributed by atoms with Gasteiger partial charge in [0.2, 0.25) is 5.91 Å². The first kappa shape index (κ1) is 16.7. The van der Waals surface area contributed by atoms with E-state index < -0.39 is 9.84 Å². The molecule has 0 spiro atoms. The molecule has 0 heterocycles. The molecule has 5 heteroatoms. The number of amides is 1. The second kappa shape index (κ2) is 7.43. The number of aryl methyl sites for hydroxylation is 1. The van der Waals surface area contributed by atoms with E-state index in [1.54, 1.807) is 11.8 Å². The van der Waals surface area contributed by atoms with Crippen LogP contribution in [0.4, 0.5) is 0 Å². The third-order valence-corrected chi connectivity index (χ3v) is 4.30. The van der Waals surface area contributed by atoms with Crippen molar-refractivity contribution in [1.29, 1.82) is 0 Å². The molecule has 1 aromatic rings. The highest BCUT2D eigenvalue weighted by molar-refractivity contribution is 7.90. The average molecular weight is 297 g/mol. The molecule has 1 aromatic carbocycles. The van der Waals surface area contributed by atoms with E-state index in [0.717, 1.165) is 5.56 Å². The van der Waals surface area contributed by atoms with Crippen LogP contribution in [0.5, 0.6) is 0 Å². The standard InChI is InChI=1S/C15H23NO3S/c1-4-16(13(2)12-20(3,18)19)15(17)11-10-14-8-6-5-7-9-14/h5-9,13H,4,10-12H2,1-3H3. The predicted molar refractivity (Wildman–Crippen MR) is 81.3 cm³/mol. The molecule has 1 amide bonds. The average Bonchev–Trinajstić information content (AvgIpc) is 2.36. The predicted octanol–water partition coefficient (Wildman–Crippen LogP) is 1.90. The lowest BCUT2D eigenvalue weighted by Crippen LogP contribution is -2.42. The van der Waals surface area contributed by atoms with E-state index in [2.05, 4.69) is 0 Å². The summed E-state index contributed by atoms with van der Waals surface area (Å²) in [5.41, 5.74) is 1.12. The highest BCUT2D eigenvalue weighted by Crippen LogP contribution is 2.08. The number of rotatable bonds is 7. The molecular formula is C15H23NO3S. The topological polar surface area (TPSA) is 54.5 Å². The molecule has 0 radical (unpaired) electrons. The highest BCUT2D eigenvalue weighted by Gasteiger charge is 2.21. The smallest absolute Gasteiger partial charge is 0.223 e. The molecular weight excluding hydrogens is 274 g/mol. The first-order chi connectivity index (χ1) is 9.33. The van der Waals surface area contributed by atoms with Crippen LogP contribution in [0.3, 0.4) is 0 Å². The van der Waals surface area contributed by atoms with Gasteiger partial charge in [0.1, 0.15) is 9.84 Å². The van der Waals surface area contributed by atoms with E-state index >= 15 is 0 Å². The van der Waals surface area contributed by atoms with Gasteiger partial charge in [-0.25, -0.2) is 8.42 Å². The summed E-state index contributed by atoms with van der Waals surface area (Å²) in [4.78, 5) is 13.8. The van der Waals surface area contributed by atoms with Crippen molar-refractivity contribution in [2.45, 2.75) is 32.7 Å². The van der Waals surface area contributed by atoms with Crippen LogP contribution in [-0.2, 0) is 21.1 Å². The Labute approximate surface area is 121 Å². The van der Waals surface area contributed by atoms with Crippen molar-refractivity contribution in [2.24, 2.45) is 0 Å². The minimum absolute atomic E-state index is 0.00695. The van der Waals surface area contributed by atoms with Gasteiger partial charge < -0.3 is 4.90 Å². The molecule has 20 heavy (non-hydrogen) atoms. The number of carbonyl (C=O) groups is 1. The molecule has 0 saturated heterocycles. The molecule has 0 aromatic heterocycles. The molecule has 0 saturated carbocycles. The Balaban J connectivity index is 2.59. The lowest BCUT2D eigenvalue weighted by molar-refractivity contribution is -0.132. The maximum Gasteiger partial charge on any atom is 0.223 e. The Kier molecular flexibility index (Phi) is 6.20. The summed E-state index contributed by atoms with van der Waals surface area (Å²) < 4.78 is 22.7. The van der Waals surface area contributed by atoms with Gasteiger partial charge >= 0.3 is 0 Å². The maximum atomic E-state index is 12.2. The Morgan fingerprint density at radius 2 is 1.85 bits per heavy atom. The number of sulfone groups is 1. The van der Waals surface area contributed by atoms with Gasteiger partial charge in [0.05, 0.1) is 5.75 Å². The van der Waals surface area contributed by atoms with E-state index in [9.17, 15) is 13.2 Å². The summed E-state index contributed by atoms with van der Waals surface area (Å²) in [6.07, 6.45) is 2.29. The van der Waals surface area contributed by atoms with Crippen molar-refractivity contribution in [1.82, 2.24) is 4.90 Å². The monoisotopic (exact) mass is 297 g/mol. The van der Waals surface area contributed by atoms with Crippen molar-refractivity contribution < 1.29 is 13.2 Å². The quantitative estimate of drug-likeness (QED) is 0.772. The molecule has 112 valence electrons. The number of carbonyl (C=O) groups excluding carboxylic acids is 1. The van der Waals surface area contributed by atoms with Gasteiger partial charge in [0.15, 0.2) is 0 Å². The molecule has 1 atom stereocenters. The fourth-order valence-electron chi connectivity index (χ4n) is 2.30. The molecule has 1 unspecified atom stereocenters. The van der Waals surface area contributed by atoms with Gasteiger partial charge in [0.25, 0.3) is 0 Å². The molecule has 1 rings (SSSR count). The SMILES string of the molecule is CCN(C(=O)CCc1ccccc1)C(C)CS(C)(=O)=O. The van der Waals surface area contributed by atoms with Gasteiger partial charge in [-0.1, -0.05) is 30.3 Å². The summed E-state index contributed by atoms with van der Waals surface area (Å²) in [5.74, 6) is 0.0188. The van der Waals surface area contributed by atoms with Crippen molar-refractivity contribution in [2.75, 3.05) is 18.6 Å². The lowest BCUT2D eigenvalue weighted by Gasteiger charge is -2.27. The van der Waals surface area contributed by atoms with Crippen molar-refractivity contribution in [3.8, 4) is 0 Å². The summed E-state index contributed by atoms with van der Waals surface area (Å²) in [6.45, 7) is 4.19. The number of nitrogens with zero attached hydrogens (tertiary/aromatic N) is 1. The van der Waals surface area contributed by atoms with Crippen LogP contribution < -0.4 is 0 Å². The Morgan fingerprint density at radius 3 is 2.35 bits per heavy atom. The summed E-state index contributed by atoms with van der Waals surface area (Å²) in [5, 5.41) is 0. The van der Waals surface area contributed by atoms with E-state index in [-0.39, 0.29) is 17.7 Å². The fraction of sp³-hybridized carbons (Fsp3) is 0.533. The van der Waals surface area contributed by atoms with E-state index in [4.69, 9.17) is 0 Å². The zero-order valence-corrected chi connectivity index (χ0v) is 13.2. The van der Waals surface area contributed by atoms with Gasteiger partial charge in [-0.05, 0) is 25.8 Å². The molecule has 0 aliphatic rings. The lowest BCUT2D eigenvalue weighted by atomic mass is 10.1. The first-order valence-corrected chi connectivity index (χ1v) is 8.90. The Morgan fingerprint density at radius 1 is 1.25 bits per heavy atom. The molecule has 0 aliphatic heterocycles. The third-order valence-electron chi connectivity index (χ3n) is 3.21. The van der Waals surface area contributed by atoms with Gasteiger partial charge in [0, 0.05) is 25.3 Å². The van der Waals surface area contributed by atoms with Crippen LogP contribution >= 0.6 is 0 Å². The number of hydrogen-bond acceptors (Lipinski definition) is 3. The summed E-state index contributed by atoms with van der Waals surface area (Å²) in [7, 11) is -3.07. The zero-order valence-electron chi connectivity index (χ0n) is 12.4. The molecule has 0 aliphatic carbocycles. The number of hydrogen-bond donors (Lipinski definition) is 0. The largest absolute Gasteiger partial charge is 0.339 e. The van der Waals surface area contributed by atoms with Crippen molar-refractivity contribution in [3.63, 3.8) is 0 Å². The second-order valence-electron chi connectivity index (χ2n) is 5.11. The van der Waals surface area contributed by atoms with Crippen LogP contribution in [0.15, 0.2) is 30.3 Å². The Hall–Kier alpha value is -1.36. The minimum atomic E-state index is -3.07. The van der Waals surface area contributed by atoms with E-state index in [1.807, 2.05) is 37.3 Å². The zero-order chi connectivity index (χ0) is 15.2. The fourth-order valence-corrected chi connectivity index (χ4v) is 3.36. The van der Waals surface area contributed by atoms with Gasteiger partial charge in [-0.15, -0.1) is 0 Å². The summed E-state index contributed by atoms with van der Waals surface area (Å²) in [6, 6.07) is 9.54. The van der Waals surface area contributed by atoms with Crippen LogP contribution in [0, 0.1) is 0 Å². The normalized spacial score (nSPS) is 12.9. The van der Waals surface area contributed by atoms with Crippen LogP contribution in [0.2, 0.25) is 0 Å². The van der Waals surface area contributed by atoms with Crippen molar-refractivity contribution in [3.05, 3.63) is 35.9 Å². The molecule has 0 bridgehead atoms. The van der Waals surface area contributed by atoms with E-state index in [0.29, 0.717) is 19.4 Å². The van der Waals surface area contributed by atoms with Gasteiger partial charge in [-0.2, -0.15) is 0 Å². The molecule has 0 N–H and O–H groups in total.